The molecule has 0 aliphatic rings. The number of H-pyrrole nitrogens is 1. The Morgan fingerprint density at radius 2 is 1.97 bits per heavy atom. The van der Waals surface area contributed by atoms with Gasteiger partial charge in [-0.1, -0.05) is 53.2 Å². The van der Waals surface area contributed by atoms with Crippen LogP contribution in [0.1, 0.15) is 12.7 Å². The molecule has 148 valence electrons. The third kappa shape index (κ3) is 3.85. The highest BCUT2D eigenvalue weighted by molar-refractivity contribution is 7.98. The second-order valence-electron chi connectivity index (χ2n) is 6.13. The van der Waals surface area contributed by atoms with Crippen LogP contribution in [0.4, 0.5) is 0 Å². The molecule has 0 fully saturated rings. The Morgan fingerprint density at radius 3 is 2.69 bits per heavy atom. The molecule has 2 aromatic carbocycles. The molecule has 4 aromatic rings. The first-order valence-electron chi connectivity index (χ1n) is 8.73. The van der Waals surface area contributed by atoms with Crippen molar-refractivity contribution in [2.75, 3.05) is 0 Å². The van der Waals surface area contributed by atoms with Crippen molar-refractivity contribution < 1.29 is 0 Å². The number of aromatic nitrogens is 5. The van der Waals surface area contributed by atoms with Crippen LogP contribution in [0.2, 0.25) is 10.0 Å². The zero-order valence-corrected chi connectivity index (χ0v) is 18.4. The summed E-state index contributed by atoms with van der Waals surface area (Å²) in [7, 11) is 0. The van der Waals surface area contributed by atoms with Crippen LogP contribution >= 0.6 is 47.2 Å². The SMILES string of the molecule is CCn1c(SCc2n[nH]c(=S)n2-c2ccccc2)nc2c(Cl)cc(Cl)cc2c1=O. The van der Waals surface area contributed by atoms with Gasteiger partial charge in [0, 0.05) is 17.3 Å². The molecular formula is C19H15Cl2N5OS2. The van der Waals surface area contributed by atoms with Crippen LogP contribution in [0.5, 0.6) is 0 Å². The molecule has 1 N–H and O–H groups in total. The lowest BCUT2D eigenvalue weighted by molar-refractivity contribution is 0.634. The average molecular weight is 464 g/mol. The van der Waals surface area contributed by atoms with Crippen LogP contribution in [0.25, 0.3) is 16.6 Å². The summed E-state index contributed by atoms with van der Waals surface area (Å²) in [6.45, 7) is 2.37. The molecule has 0 aliphatic heterocycles. The molecule has 10 heteroatoms. The van der Waals surface area contributed by atoms with Gasteiger partial charge in [-0.05, 0) is 43.4 Å². The van der Waals surface area contributed by atoms with Gasteiger partial charge in [0.2, 0.25) is 0 Å². The Hall–Kier alpha value is -2.13. The molecule has 0 amide bonds. The molecular weight excluding hydrogens is 449 g/mol. The topological polar surface area (TPSA) is 68.5 Å². The summed E-state index contributed by atoms with van der Waals surface area (Å²) < 4.78 is 3.97. The Bertz CT molecular complexity index is 1310. The highest BCUT2D eigenvalue weighted by Crippen LogP contribution is 2.28. The molecule has 0 saturated heterocycles. The van der Waals surface area contributed by atoms with E-state index in [-0.39, 0.29) is 5.56 Å². The van der Waals surface area contributed by atoms with Crippen molar-refractivity contribution in [3.63, 3.8) is 0 Å². The van der Waals surface area contributed by atoms with E-state index in [9.17, 15) is 4.79 Å². The molecule has 0 spiro atoms. The van der Waals surface area contributed by atoms with E-state index in [0.717, 1.165) is 11.5 Å². The molecule has 0 atom stereocenters. The third-order valence-electron chi connectivity index (χ3n) is 4.34. The number of aromatic amines is 1. The Kier molecular flexibility index (Phi) is 5.78. The Labute approximate surface area is 185 Å². The smallest absolute Gasteiger partial charge is 0.262 e. The van der Waals surface area contributed by atoms with Gasteiger partial charge in [-0.15, -0.1) is 0 Å². The van der Waals surface area contributed by atoms with Gasteiger partial charge in [-0.25, -0.2) is 4.98 Å². The summed E-state index contributed by atoms with van der Waals surface area (Å²) in [6.07, 6.45) is 0. The molecule has 2 aromatic heterocycles. The van der Waals surface area contributed by atoms with Crippen LogP contribution in [0.15, 0.2) is 52.4 Å². The van der Waals surface area contributed by atoms with Crippen molar-refractivity contribution in [2.45, 2.75) is 24.4 Å². The largest absolute Gasteiger partial charge is 0.287 e. The number of hydrogen-bond acceptors (Lipinski definition) is 5. The highest BCUT2D eigenvalue weighted by atomic mass is 35.5. The van der Waals surface area contributed by atoms with Gasteiger partial charge in [0.25, 0.3) is 5.56 Å². The van der Waals surface area contributed by atoms with Crippen molar-refractivity contribution in [3.05, 3.63) is 73.5 Å². The quantitative estimate of drug-likeness (QED) is 0.248. The van der Waals surface area contributed by atoms with E-state index < -0.39 is 0 Å². The molecule has 0 radical (unpaired) electrons. The van der Waals surface area contributed by atoms with Crippen LogP contribution in [-0.2, 0) is 12.3 Å². The van der Waals surface area contributed by atoms with Gasteiger partial charge in [0.1, 0.15) is 5.82 Å². The van der Waals surface area contributed by atoms with E-state index in [1.54, 1.807) is 16.7 Å². The van der Waals surface area contributed by atoms with Gasteiger partial charge in [-0.3, -0.25) is 19.0 Å². The summed E-state index contributed by atoms with van der Waals surface area (Å²) in [5.41, 5.74) is 1.18. The van der Waals surface area contributed by atoms with E-state index in [1.807, 2.05) is 41.8 Å². The summed E-state index contributed by atoms with van der Waals surface area (Å²) in [5, 5.41) is 8.89. The first-order valence-corrected chi connectivity index (χ1v) is 10.9. The lowest BCUT2D eigenvalue weighted by Crippen LogP contribution is -2.22. The van der Waals surface area contributed by atoms with Crippen LogP contribution in [-0.4, -0.2) is 24.3 Å². The molecule has 0 unspecified atom stereocenters. The van der Waals surface area contributed by atoms with E-state index in [0.29, 0.717) is 43.2 Å². The number of rotatable bonds is 5. The molecule has 0 aliphatic carbocycles. The van der Waals surface area contributed by atoms with Gasteiger partial charge in [-0.2, -0.15) is 5.10 Å². The summed E-state index contributed by atoms with van der Waals surface area (Å²) in [4.78, 5) is 17.6. The van der Waals surface area contributed by atoms with E-state index in [2.05, 4.69) is 15.2 Å². The van der Waals surface area contributed by atoms with Crippen LogP contribution in [0.3, 0.4) is 0 Å². The maximum atomic E-state index is 12.9. The molecule has 29 heavy (non-hydrogen) atoms. The standard InChI is InChI=1S/C19H15Cl2N5OS2/c1-2-25-17(27)13-8-11(20)9-14(21)16(13)22-19(25)29-10-15-23-24-18(28)26(15)12-6-4-3-5-7-12/h3-9H,2,10H2,1H3,(H,24,28). The lowest BCUT2D eigenvalue weighted by atomic mass is 10.2. The molecule has 6 nitrogen and oxygen atoms in total. The number of thioether (sulfide) groups is 1. The van der Waals surface area contributed by atoms with Crippen molar-refractivity contribution in [3.8, 4) is 5.69 Å². The first kappa shape index (κ1) is 20.2. The van der Waals surface area contributed by atoms with Crippen molar-refractivity contribution in [1.82, 2.24) is 24.3 Å². The number of para-hydroxylation sites is 1. The number of hydrogen-bond donors (Lipinski definition) is 1. The van der Waals surface area contributed by atoms with Gasteiger partial charge < -0.3 is 0 Å². The van der Waals surface area contributed by atoms with Crippen molar-refractivity contribution in [1.29, 1.82) is 0 Å². The van der Waals surface area contributed by atoms with Crippen LogP contribution < -0.4 is 5.56 Å². The fourth-order valence-electron chi connectivity index (χ4n) is 3.02. The molecule has 4 rings (SSSR count). The third-order valence-corrected chi connectivity index (χ3v) is 6.10. The number of nitrogens with one attached hydrogen (secondary N) is 1. The monoisotopic (exact) mass is 463 g/mol. The minimum atomic E-state index is -0.175. The van der Waals surface area contributed by atoms with Gasteiger partial charge in [0.05, 0.1) is 21.7 Å². The fraction of sp³-hybridized carbons (Fsp3) is 0.158. The van der Waals surface area contributed by atoms with E-state index in [1.165, 1.54) is 11.8 Å². The van der Waals surface area contributed by atoms with Crippen LogP contribution in [0, 0.1) is 4.77 Å². The highest BCUT2D eigenvalue weighted by Gasteiger charge is 2.16. The first-order chi connectivity index (χ1) is 14.0. The van der Waals surface area contributed by atoms with E-state index >= 15 is 0 Å². The maximum Gasteiger partial charge on any atom is 0.262 e. The minimum Gasteiger partial charge on any atom is -0.287 e. The van der Waals surface area contributed by atoms with E-state index in [4.69, 9.17) is 35.4 Å². The number of nitrogens with zero attached hydrogens (tertiary/aromatic N) is 4. The Morgan fingerprint density at radius 1 is 1.21 bits per heavy atom. The predicted molar refractivity (Wildman–Crippen MR) is 120 cm³/mol. The number of halogens is 2. The van der Waals surface area contributed by atoms with Crippen molar-refractivity contribution >= 4 is 58.1 Å². The average Bonchev–Trinajstić information content (AvgIpc) is 3.08. The summed E-state index contributed by atoms with van der Waals surface area (Å²) in [5.74, 6) is 1.19. The predicted octanol–water partition coefficient (Wildman–Crippen LogP) is 5.26. The second kappa shape index (κ2) is 8.31. The van der Waals surface area contributed by atoms with Gasteiger partial charge >= 0.3 is 0 Å². The Balaban J connectivity index is 1.75. The minimum absolute atomic E-state index is 0.175. The zero-order chi connectivity index (χ0) is 20.5. The molecule has 2 heterocycles. The molecule has 0 saturated carbocycles. The molecule has 0 bridgehead atoms. The van der Waals surface area contributed by atoms with Crippen molar-refractivity contribution in [2.24, 2.45) is 0 Å². The number of fused-ring (bicyclic) bond motifs is 1. The maximum absolute atomic E-state index is 12.9. The normalized spacial score (nSPS) is 11.3. The summed E-state index contributed by atoms with van der Waals surface area (Å²) >= 11 is 19.1. The number of benzene rings is 2. The summed E-state index contributed by atoms with van der Waals surface area (Å²) in [6, 6.07) is 12.9. The zero-order valence-electron chi connectivity index (χ0n) is 15.2. The lowest BCUT2D eigenvalue weighted by Gasteiger charge is -2.12. The second-order valence-corrected chi connectivity index (χ2v) is 8.31. The fourth-order valence-corrected chi connectivity index (χ4v) is 4.79. The van der Waals surface area contributed by atoms with Gasteiger partial charge in [0.15, 0.2) is 9.93 Å².